The van der Waals surface area contributed by atoms with Gasteiger partial charge in [0, 0.05) is 11.6 Å². The maximum atomic E-state index is 12.0. The molecule has 3 N–H and O–H groups in total. The largest absolute Gasteiger partial charge is 0.394 e. The molecule has 2 amide bonds. The minimum absolute atomic E-state index is 0.00336. The molecule has 1 aromatic rings. The highest BCUT2D eigenvalue weighted by Crippen LogP contribution is 2.29. The zero-order chi connectivity index (χ0) is 14.6. The number of aliphatic hydroxyl groups excluding tert-OH is 1. The number of nitrogens with one attached hydrogen (secondary N) is 2. The van der Waals surface area contributed by atoms with E-state index in [4.69, 9.17) is 11.6 Å². The fourth-order valence-corrected chi connectivity index (χ4v) is 2.87. The van der Waals surface area contributed by atoms with Crippen LogP contribution in [0.2, 0.25) is 5.02 Å². The van der Waals surface area contributed by atoms with Gasteiger partial charge in [-0.3, -0.25) is 0 Å². The van der Waals surface area contributed by atoms with Crippen LogP contribution in [-0.2, 0) is 6.54 Å². The fraction of sp³-hybridized carbons (Fsp3) is 0.533. The van der Waals surface area contributed by atoms with Crippen LogP contribution < -0.4 is 10.6 Å². The first-order chi connectivity index (χ1) is 9.56. The topological polar surface area (TPSA) is 61.4 Å². The lowest BCUT2D eigenvalue weighted by Gasteiger charge is -2.28. The highest BCUT2D eigenvalue weighted by Gasteiger charge is 2.34. The maximum Gasteiger partial charge on any atom is 0.315 e. The third-order valence-corrected chi connectivity index (χ3v) is 4.47. The van der Waals surface area contributed by atoms with E-state index in [0.717, 1.165) is 36.8 Å². The highest BCUT2D eigenvalue weighted by molar-refractivity contribution is 6.31. The fourth-order valence-electron chi connectivity index (χ4n) is 2.68. The van der Waals surface area contributed by atoms with Gasteiger partial charge in [-0.1, -0.05) is 36.6 Å². The molecule has 1 aliphatic rings. The number of urea groups is 1. The van der Waals surface area contributed by atoms with E-state index >= 15 is 0 Å². The molecule has 5 heteroatoms. The van der Waals surface area contributed by atoms with Gasteiger partial charge in [-0.15, -0.1) is 0 Å². The van der Waals surface area contributed by atoms with Crippen molar-refractivity contribution >= 4 is 17.6 Å². The SMILES string of the molecule is Cc1c(Cl)cccc1CNC(=O)NC1(CO)CCCC1. The molecule has 20 heavy (non-hydrogen) atoms. The molecular weight excluding hydrogens is 276 g/mol. The molecule has 1 saturated carbocycles. The third kappa shape index (κ3) is 3.44. The Morgan fingerprint density at radius 2 is 2.10 bits per heavy atom. The Bertz CT molecular complexity index is 485. The average Bonchev–Trinajstić information content (AvgIpc) is 2.89. The van der Waals surface area contributed by atoms with Crippen LogP contribution in [0.4, 0.5) is 4.79 Å². The van der Waals surface area contributed by atoms with Crippen molar-refractivity contribution in [1.82, 2.24) is 10.6 Å². The van der Waals surface area contributed by atoms with E-state index in [1.165, 1.54) is 0 Å². The van der Waals surface area contributed by atoms with E-state index in [-0.39, 0.29) is 12.6 Å². The second kappa shape index (κ2) is 6.46. The van der Waals surface area contributed by atoms with Gasteiger partial charge in [-0.05, 0) is 37.0 Å². The van der Waals surface area contributed by atoms with Gasteiger partial charge in [0.2, 0.25) is 0 Å². The molecule has 4 nitrogen and oxygen atoms in total. The van der Waals surface area contributed by atoms with Crippen molar-refractivity contribution in [2.24, 2.45) is 0 Å². The number of aliphatic hydroxyl groups is 1. The molecule has 0 unspecified atom stereocenters. The summed E-state index contributed by atoms with van der Waals surface area (Å²) >= 11 is 6.05. The molecular formula is C15H21ClN2O2. The van der Waals surface area contributed by atoms with E-state index in [1.807, 2.05) is 25.1 Å². The van der Waals surface area contributed by atoms with E-state index in [0.29, 0.717) is 11.6 Å². The van der Waals surface area contributed by atoms with Crippen LogP contribution in [-0.4, -0.2) is 23.3 Å². The molecule has 0 radical (unpaired) electrons. The Morgan fingerprint density at radius 3 is 2.75 bits per heavy atom. The molecule has 1 aromatic carbocycles. The van der Waals surface area contributed by atoms with Crippen molar-refractivity contribution in [1.29, 1.82) is 0 Å². The summed E-state index contributed by atoms with van der Waals surface area (Å²) in [5.74, 6) is 0. The van der Waals surface area contributed by atoms with E-state index in [1.54, 1.807) is 0 Å². The molecule has 1 aliphatic carbocycles. The second-order valence-electron chi connectivity index (χ2n) is 5.48. The zero-order valence-electron chi connectivity index (χ0n) is 11.7. The van der Waals surface area contributed by atoms with Gasteiger partial charge in [-0.25, -0.2) is 4.79 Å². The lowest BCUT2D eigenvalue weighted by Crippen LogP contribution is -2.52. The highest BCUT2D eigenvalue weighted by atomic mass is 35.5. The Balaban J connectivity index is 1.90. The lowest BCUT2D eigenvalue weighted by molar-refractivity contribution is 0.162. The van der Waals surface area contributed by atoms with Crippen molar-refractivity contribution in [2.45, 2.75) is 44.7 Å². The first-order valence-corrected chi connectivity index (χ1v) is 7.35. The molecule has 0 bridgehead atoms. The smallest absolute Gasteiger partial charge is 0.315 e. The van der Waals surface area contributed by atoms with Crippen molar-refractivity contribution < 1.29 is 9.90 Å². The summed E-state index contributed by atoms with van der Waals surface area (Å²) in [6.07, 6.45) is 3.78. The number of carbonyl (C=O) groups is 1. The molecule has 0 atom stereocenters. The number of rotatable bonds is 4. The molecule has 110 valence electrons. The molecule has 1 fully saturated rings. The normalized spacial score (nSPS) is 16.9. The average molecular weight is 297 g/mol. The molecule has 0 spiro atoms. The quantitative estimate of drug-likeness (QED) is 0.800. The monoisotopic (exact) mass is 296 g/mol. The van der Waals surface area contributed by atoms with E-state index in [2.05, 4.69) is 10.6 Å². The standard InChI is InChI=1S/C15H21ClN2O2/c1-11-12(5-4-6-13(11)16)9-17-14(20)18-15(10-19)7-2-3-8-15/h4-6,19H,2-3,7-10H2,1H3,(H2,17,18,20). The number of hydrogen-bond donors (Lipinski definition) is 3. The first-order valence-electron chi connectivity index (χ1n) is 6.97. The van der Waals surface area contributed by atoms with Gasteiger partial charge < -0.3 is 15.7 Å². The Labute approximate surface area is 124 Å². The van der Waals surface area contributed by atoms with Crippen LogP contribution in [0.25, 0.3) is 0 Å². The summed E-state index contributed by atoms with van der Waals surface area (Å²) in [6.45, 7) is 2.36. The Hall–Kier alpha value is -1.26. The summed E-state index contributed by atoms with van der Waals surface area (Å²) in [5.41, 5.74) is 1.54. The number of halogens is 1. The number of amides is 2. The van der Waals surface area contributed by atoms with Gasteiger partial charge >= 0.3 is 6.03 Å². The van der Waals surface area contributed by atoms with E-state index < -0.39 is 5.54 Å². The van der Waals surface area contributed by atoms with Gasteiger partial charge in [0.05, 0.1) is 12.1 Å². The molecule has 0 aliphatic heterocycles. The number of benzene rings is 1. The summed E-state index contributed by atoms with van der Waals surface area (Å²) in [6, 6.07) is 5.41. The number of carbonyl (C=O) groups excluding carboxylic acids is 1. The van der Waals surface area contributed by atoms with Gasteiger partial charge in [0.15, 0.2) is 0 Å². The minimum Gasteiger partial charge on any atom is -0.394 e. The summed E-state index contributed by atoms with van der Waals surface area (Å²) in [7, 11) is 0. The Kier molecular flexibility index (Phi) is 4.89. The van der Waals surface area contributed by atoms with Crippen LogP contribution in [0.3, 0.4) is 0 Å². The van der Waals surface area contributed by atoms with Crippen molar-refractivity contribution in [3.63, 3.8) is 0 Å². The van der Waals surface area contributed by atoms with Crippen molar-refractivity contribution in [3.8, 4) is 0 Å². The second-order valence-corrected chi connectivity index (χ2v) is 5.88. The van der Waals surface area contributed by atoms with E-state index in [9.17, 15) is 9.90 Å². The Morgan fingerprint density at radius 1 is 1.40 bits per heavy atom. The van der Waals surface area contributed by atoms with Crippen LogP contribution in [0.15, 0.2) is 18.2 Å². The number of hydrogen-bond acceptors (Lipinski definition) is 2. The lowest BCUT2D eigenvalue weighted by atomic mass is 9.99. The third-order valence-electron chi connectivity index (χ3n) is 4.06. The predicted octanol–water partition coefficient (Wildman–Crippen LogP) is 2.75. The molecule has 0 aromatic heterocycles. The van der Waals surface area contributed by atoms with Crippen LogP contribution in [0.5, 0.6) is 0 Å². The van der Waals surface area contributed by atoms with Crippen molar-refractivity contribution in [3.05, 3.63) is 34.3 Å². The molecule has 0 saturated heterocycles. The van der Waals surface area contributed by atoms with Gasteiger partial charge in [-0.2, -0.15) is 0 Å². The predicted molar refractivity (Wildman–Crippen MR) is 79.8 cm³/mol. The van der Waals surface area contributed by atoms with Gasteiger partial charge in [0.1, 0.15) is 0 Å². The summed E-state index contributed by atoms with van der Waals surface area (Å²) in [5, 5.41) is 15.9. The summed E-state index contributed by atoms with van der Waals surface area (Å²) < 4.78 is 0. The van der Waals surface area contributed by atoms with Crippen molar-refractivity contribution in [2.75, 3.05) is 6.61 Å². The molecule has 2 rings (SSSR count). The minimum atomic E-state index is -0.437. The van der Waals surface area contributed by atoms with Crippen LogP contribution in [0, 0.1) is 6.92 Å². The van der Waals surface area contributed by atoms with Crippen LogP contribution >= 0.6 is 11.6 Å². The first kappa shape index (κ1) is 15.1. The zero-order valence-corrected chi connectivity index (χ0v) is 12.5. The summed E-state index contributed by atoms with van der Waals surface area (Å²) in [4.78, 5) is 12.0. The van der Waals surface area contributed by atoms with Gasteiger partial charge in [0.25, 0.3) is 0 Å². The van der Waals surface area contributed by atoms with Crippen LogP contribution in [0.1, 0.15) is 36.8 Å². The maximum absolute atomic E-state index is 12.0. The molecule has 0 heterocycles.